The minimum atomic E-state index is -0.864. The van der Waals surface area contributed by atoms with Crippen molar-refractivity contribution in [3.8, 4) is 5.75 Å². The zero-order chi connectivity index (χ0) is 25.7. The molecule has 1 saturated heterocycles. The van der Waals surface area contributed by atoms with Crippen molar-refractivity contribution in [1.82, 2.24) is 9.80 Å². The monoisotopic (exact) mass is 481 g/mol. The Hall–Kier alpha value is -3.72. The molecular formula is C26H31N3O6. The number of hydrogen-bond donors (Lipinski definition) is 1. The van der Waals surface area contributed by atoms with Gasteiger partial charge in [-0.15, -0.1) is 0 Å². The van der Waals surface area contributed by atoms with Gasteiger partial charge in [-0.05, 0) is 68.9 Å². The number of aliphatic hydroxyl groups is 1. The van der Waals surface area contributed by atoms with Crippen molar-refractivity contribution < 1.29 is 24.4 Å². The van der Waals surface area contributed by atoms with Gasteiger partial charge in [0.2, 0.25) is 0 Å². The Kier molecular flexibility index (Phi) is 8.24. The van der Waals surface area contributed by atoms with E-state index in [2.05, 4.69) is 6.92 Å². The summed E-state index contributed by atoms with van der Waals surface area (Å²) in [4.78, 5) is 40.0. The van der Waals surface area contributed by atoms with Crippen LogP contribution >= 0.6 is 0 Å². The van der Waals surface area contributed by atoms with Gasteiger partial charge in [0, 0.05) is 30.8 Å². The quantitative estimate of drug-likeness (QED) is 0.136. The standard InChI is InChI=1S/C26H31N3O6/c1-5-6-15-35-21-12-9-19(16-17(21)2)24(30)22-23(18-7-10-20(11-8-18)29(33)34)28(14-13-27(3)4)26(32)25(22)31/h7-12,16,23,30H,5-6,13-15H2,1-4H3/b24-22+. The van der Waals surface area contributed by atoms with E-state index in [4.69, 9.17) is 4.74 Å². The summed E-state index contributed by atoms with van der Waals surface area (Å²) in [6, 6.07) is 9.93. The average molecular weight is 482 g/mol. The third-order valence-electron chi connectivity index (χ3n) is 5.95. The summed E-state index contributed by atoms with van der Waals surface area (Å²) in [5, 5.41) is 22.3. The first-order valence-corrected chi connectivity index (χ1v) is 11.6. The van der Waals surface area contributed by atoms with E-state index in [-0.39, 0.29) is 23.6 Å². The number of nitro groups is 1. The maximum Gasteiger partial charge on any atom is 0.295 e. The van der Waals surface area contributed by atoms with Crippen molar-refractivity contribution in [2.75, 3.05) is 33.8 Å². The molecule has 2 aromatic carbocycles. The van der Waals surface area contributed by atoms with Crippen LogP contribution in [0.1, 0.15) is 42.5 Å². The number of unbranched alkanes of at least 4 members (excludes halogenated alkanes) is 1. The highest BCUT2D eigenvalue weighted by molar-refractivity contribution is 6.46. The number of nitrogens with zero attached hydrogens (tertiary/aromatic N) is 3. The molecule has 1 N–H and O–H groups in total. The van der Waals surface area contributed by atoms with Gasteiger partial charge in [-0.1, -0.05) is 13.3 Å². The zero-order valence-electron chi connectivity index (χ0n) is 20.5. The lowest BCUT2D eigenvalue weighted by molar-refractivity contribution is -0.384. The molecule has 0 saturated carbocycles. The first kappa shape index (κ1) is 25.9. The first-order valence-electron chi connectivity index (χ1n) is 11.6. The highest BCUT2D eigenvalue weighted by Gasteiger charge is 2.46. The van der Waals surface area contributed by atoms with E-state index in [0.29, 0.717) is 30.0 Å². The Balaban J connectivity index is 2.06. The van der Waals surface area contributed by atoms with Crippen LogP contribution in [0.4, 0.5) is 5.69 Å². The molecule has 3 rings (SSSR count). The number of likely N-dealkylation sites (N-methyl/N-ethyl adjacent to an activating group) is 1. The number of hydrogen-bond acceptors (Lipinski definition) is 7. The number of likely N-dealkylation sites (tertiary alicyclic amines) is 1. The van der Waals surface area contributed by atoms with Gasteiger partial charge in [-0.25, -0.2) is 0 Å². The summed E-state index contributed by atoms with van der Waals surface area (Å²) < 4.78 is 5.78. The SMILES string of the molecule is CCCCOc1ccc(/C(O)=C2\C(=O)C(=O)N(CCN(C)C)C2c2ccc([N+](=O)[O-])cc2)cc1C. The van der Waals surface area contributed by atoms with Gasteiger partial charge in [0.25, 0.3) is 17.4 Å². The molecule has 1 heterocycles. The normalized spacial score (nSPS) is 17.3. The van der Waals surface area contributed by atoms with Crippen LogP contribution in [0, 0.1) is 17.0 Å². The van der Waals surface area contributed by atoms with E-state index in [1.807, 2.05) is 25.9 Å². The zero-order valence-corrected chi connectivity index (χ0v) is 20.5. The van der Waals surface area contributed by atoms with Crippen molar-refractivity contribution in [2.45, 2.75) is 32.7 Å². The number of Topliss-reactive ketones (excluding diaryl/α,β-unsaturated/α-hetero) is 1. The fraction of sp³-hybridized carbons (Fsp3) is 0.385. The van der Waals surface area contributed by atoms with E-state index in [1.165, 1.54) is 29.2 Å². The second-order valence-electron chi connectivity index (χ2n) is 8.83. The van der Waals surface area contributed by atoms with Crippen LogP contribution in [0.25, 0.3) is 5.76 Å². The largest absolute Gasteiger partial charge is 0.507 e. The fourth-order valence-electron chi connectivity index (χ4n) is 3.98. The molecule has 0 bridgehead atoms. The fourth-order valence-corrected chi connectivity index (χ4v) is 3.98. The van der Waals surface area contributed by atoms with Crippen molar-refractivity contribution in [3.63, 3.8) is 0 Å². The van der Waals surface area contributed by atoms with Crippen LogP contribution in [0.2, 0.25) is 0 Å². The summed E-state index contributed by atoms with van der Waals surface area (Å²) >= 11 is 0. The van der Waals surface area contributed by atoms with Crippen LogP contribution in [-0.4, -0.2) is 65.3 Å². The van der Waals surface area contributed by atoms with E-state index < -0.39 is 22.7 Å². The number of benzene rings is 2. The highest BCUT2D eigenvalue weighted by atomic mass is 16.6. The summed E-state index contributed by atoms with van der Waals surface area (Å²) in [6.45, 7) is 5.26. The van der Waals surface area contributed by atoms with Crippen molar-refractivity contribution in [3.05, 3.63) is 74.8 Å². The van der Waals surface area contributed by atoms with Gasteiger partial charge < -0.3 is 19.6 Å². The maximum atomic E-state index is 13.1. The number of carbonyl (C=O) groups is 2. The molecule has 0 aromatic heterocycles. The molecule has 1 aliphatic rings. The van der Waals surface area contributed by atoms with Crippen molar-refractivity contribution in [1.29, 1.82) is 0 Å². The third-order valence-corrected chi connectivity index (χ3v) is 5.95. The Bertz CT molecular complexity index is 1140. The number of non-ortho nitro benzene ring substituents is 1. The van der Waals surface area contributed by atoms with Crippen LogP contribution in [-0.2, 0) is 9.59 Å². The third kappa shape index (κ3) is 5.68. The summed E-state index contributed by atoms with van der Waals surface area (Å²) in [7, 11) is 3.70. The number of aliphatic hydroxyl groups excluding tert-OH is 1. The topological polar surface area (TPSA) is 113 Å². The summed E-state index contributed by atoms with van der Waals surface area (Å²) in [5.74, 6) is -1.10. The highest BCUT2D eigenvalue weighted by Crippen LogP contribution is 2.40. The Morgan fingerprint density at radius 1 is 1.17 bits per heavy atom. The molecule has 0 aliphatic carbocycles. The van der Waals surface area contributed by atoms with Gasteiger partial charge in [0.15, 0.2) is 0 Å². The lowest BCUT2D eigenvalue weighted by atomic mass is 9.94. The second-order valence-corrected chi connectivity index (χ2v) is 8.83. The van der Waals surface area contributed by atoms with E-state index >= 15 is 0 Å². The first-order chi connectivity index (χ1) is 16.6. The molecule has 2 aromatic rings. The molecule has 1 aliphatic heterocycles. The lowest BCUT2D eigenvalue weighted by Crippen LogP contribution is -2.35. The molecule has 1 fully saturated rings. The minimum Gasteiger partial charge on any atom is -0.507 e. The predicted molar refractivity (Wildman–Crippen MR) is 132 cm³/mol. The molecule has 1 amide bonds. The maximum absolute atomic E-state index is 13.1. The predicted octanol–water partition coefficient (Wildman–Crippen LogP) is 4.07. The van der Waals surface area contributed by atoms with E-state index in [9.17, 15) is 24.8 Å². The van der Waals surface area contributed by atoms with Crippen molar-refractivity contribution in [2.24, 2.45) is 0 Å². The van der Waals surface area contributed by atoms with Gasteiger partial charge in [0.1, 0.15) is 11.5 Å². The van der Waals surface area contributed by atoms with Gasteiger partial charge in [-0.2, -0.15) is 0 Å². The smallest absolute Gasteiger partial charge is 0.295 e. The number of ether oxygens (including phenoxy) is 1. The summed E-state index contributed by atoms with van der Waals surface area (Å²) in [6.07, 6.45) is 1.93. The van der Waals surface area contributed by atoms with Gasteiger partial charge in [-0.3, -0.25) is 19.7 Å². The molecule has 9 heteroatoms. The average Bonchev–Trinajstić information content (AvgIpc) is 3.08. The molecule has 0 spiro atoms. The number of carbonyl (C=O) groups excluding carboxylic acids is 2. The number of rotatable bonds is 10. The van der Waals surface area contributed by atoms with E-state index in [1.54, 1.807) is 18.2 Å². The molecule has 186 valence electrons. The number of aryl methyl sites for hydroxylation is 1. The van der Waals surface area contributed by atoms with Crippen LogP contribution in [0.5, 0.6) is 5.75 Å². The molecule has 35 heavy (non-hydrogen) atoms. The van der Waals surface area contributed by atoms with Crippen LogP contribution < -0.4 is 4.74 Å². The lowest BCUT2D eigenvalue weighted by Gasteiger charge is -2.26. The van der Waals surface area contributed by atoms with Crippen LogP contribution in [0.15, 0.2) is 48.0 Å². The molecule has 1 atom stereocenters. The van der Waals surface area contributed by atoms with E-state index in [0.717, 1.165) is 18.4 Å². The molecule has 1 unspecified atom stereocenters. The molecular weight excluding hydrogens is 450 g/mol. The number of ketones is 1. The number of nitro benzene ring substituents is 1. The minimum absolute atomic E-state index is 0.0401. The van der Waals surface area contributed by atoms with Crippen LogP contribution in [0.3, 0.4) is 0 Å². The van der Waals surface area contributed by atoms with Crippen molar-refractivity contribution >= 4 is 23.1 Å². The molecule has 9 nitrogen and oxygen atoms in total. The Morgan fingerprint density at radius 2 is 1.86 bits per heavy atom. The second kappa shape index (κ2) is 11.1. The molecule has 0 radical (unpaired) electrons. The van der Waals surface area contributed by atoms with Gasteiger partial charge in [0.05, 0.1) is 23.1 Å². The Morgan fingerprint density at radius 3 is 2.43 bits per heavy atom. The Labute approximate surface area is 204 Å². The van der Waals surface area contributed by atoms with Gasteiger partial charge >= 0.3 is 0 Å². The summed E-state index contributed by atoms with van der Waals surface area (Å²) in [5.41, 5.74) is 1.54. The number of amides is 1.